The summed E-state index contributed by atoms with van der Waals surface area (Å²) in [5, 5.41) is 8.13. The molecule has 7 nitrogen and oxygen atoms in total. The first-order chi connectivity index (χ1) is 16.7. The third kappa shape index (κ3) is 3.04. The van der Waals surface area contributed by atoms with E-state index in [1.165, 1.54) is 5.56 Å². The summed E-state index contributed by atoms with van der Waals surface area (Å²) in [6.45, 7) is 2.09. The second-order valence-corrected chi connectivity index (χ2v) is 8.38. The minimum absolute atomic E-state index is 0.322. The highest BCUT2D eigenvalue weighted by atomic mass is 16.5. The van der Waals surface area contributed by atoms with Crippen molar-refractivity contribution in [3.8, 4) is 17.2 Å². The Balaban J connectivity index is 1.66. The molecule has 3 heterocycles. The lowest BCUT2D eigenvalue weighted by molar-refractivity contribution is 0.222. The van der Waals surface area contributed by atoms with Crippen LogP contribution in [0.25, 0.3) is 5.70 Å². The van der Waals surface area contributed by atoms with E-state index >= 15 is 0 Å². The quantitative estimate of drug-likeness (QED) is 0.461. The molecule has 7 heteroatoms. The molecule has 0 aliphatic carbocycles. The number of hydrogen-bond acceptors (Lipinski definition) is 6. The number of hydrogen-bond donors (Lipinski definition) is 1. The number of para-hydroxylation sites is 2. The molecule has 0 fully saturated rings. The van der Waals surface area contributed by atoms with Gasteiger partial charge in [-0.15, -0.1) is 0 Å². The average molecular weight is 453 g/mol. The fourth-order valence-electron chi connectivity index (χ4n) is 4.95. The van der Waals surface area contributed by atoms with Crippen LogP contribution < -0.4 is 19.5 Å². The lowest BCUT2D eigenvalue weighted by Gasteiger charge is -2.39. The Morgan fingerprint density at radius 3 is 2.65 bits per heavy atom. The average Bonchev–Trinajstić information content (AvgIpc) is 3.34. The van der Waals surface area contributed by atoms with E-state index in [2.05, 4.69) is 52.7 Å². The van der Waals surface area contributed by atoms with Gasteiger partial charge < -0.3 is 19.5 Å². The van der Waals surface area contributed by atoms with Gasteiger partial charge in [0.15, 0.2) is 11.5 Å². The monoisotopic (exact) mass is 452 g/mol. The molecule has 6 rings (SSSR count). The van der Waals surface area contributed by atoms with Gasteiger partial charge in [-0.25, -0.2) is 4.68 Å². The number of ether oxygens (including phenoxy) is 3. The van der Waals surface area contributed by atoms with Crippen LogP contribution in [0.1, 0.15) is 34.4 Å². The van der Waals surface area contributed by atoms with Crippen LogP contribution in [0.4, 0.5) is 5.95 Å². The molecule has 2 atom stereocenters. The van der Waals surface area contributed by atoms with Crippen LogP contribution in [0.3, 0.4) is 0 Å². The molecule has 0 spiro atoms. The van der Waals surface area contributed by atoms with Crippen molar-refractivity contribution in [1.29, 1.82) is 0 Å². The molecular weight excluding hydrogens is 428 g/mol. The number of aromatic nitrogens is 3. The van der Waals surface area contributed by atoms with E-state index in [1.807, 2.05) is 41.1 Å². The van der Waals surface area contributed by atoms with E-state index in [1.54, 1.807) is 20.5 Å². The largest absolute Gasteiger partial charge is 0.493 e. The van der Waals surface area contributed by atoms with Gasteiger partial charge in [-0.3, -0.25) is 0 Å². The molecule has 34 heavy (non-hydrogen) atoms. The molecule has 0 bridgehead atoms. The van der Waals surface area contributed by atoms with Gasteiger partial charge in [-0.1, -0.05) is 54.1 Å². The third-order valence-corrected chi connectivity index (χ3v) is 6.39. The Bertz CT molecular complexity index is 1420. The number of anilines is 1. The van der Waals surface area contributed by atoms with Gasteiger partial charge in [0.2, 0.25) is 5.95 Å². The standard InChI is InChI=1S/C27H24N4O3/c1-16-8-6-9-17(14-16)25-22-23(18-10-4-5-12-20(18)34-25)30-27-28-15-29-31(27)24(22)19-11-7-13-21(32-2)26(19)33-3/h4-15,24-25H,1-3H3,(H,28,29,30)/t24-,25+/m0/s1. The maximum Gasteiger partial charge on any atom is 0.226 e. The normalized spacial score (nSPS) is 18.2. The van der Waals surface area contributed by atoms with Gasteiger partial charge in [0, 0.05) is 16.7 Å². The van der Waals surface area contributed by atoms with E-state index in [0.29, 0.717) is 17.4 Å². The van der Waals surface area contributed by atoms with Gasteiger partial charge >= 0.3 is 0 Å². The van der Waals surface area contributed by atoms with E-state index in [0.717, 1.165) is 33.7 Å². The number of aryl methyl sites for hydroxylation is 1. The molecule has 0 amide bonds. The van der Waals surface area contributed by atoms with Gasteiger partial charge in [0.25, 0.3) is 0 Å². The highest BCUT2D eigenvalue weighted by Crippen LogP contribution is 2.52. The summed E-state index contributed by atoms with van der Waals surface area (Å²) in [6, 6.07) is 22.1. The molecule has 1 aromatic heterocycles. The molecule has 170 valence electrons. The number of methoxy groups -OCH3 is 2. The summed E-state index contributed by atoms with van der Waals surface area (Å²) in [6.07, 6.45) is 1.23. The zero-order valence-corrected chi connectivity index (χ0v) is 19.1. The first-order valence-corrected chi connectivity index (χ1v) is 11.1. The molecule has 2 aliphatic rings. The van der Waals surface area contributed by atoms with Crippen molar-refractivity contribution < 1.29 is 14.2 Å². The summed E-state index contributed by atoms with van der Waals surface area (Å²) in [5.41, 5.74) is 6.16. The maximum atomic E-state index is 6.68. The molecule has 2 aliphatic heterocycles. The highest BCUT2D eigenvalue weighted by Gasteiger charge is 2.42. The van der Waals surface area contributed by atoms with Crippen LogP contribution in [-0.2, 0) is 0 Å². The van der Waals surface area contributed by atoms with Crippen LogP contribution in [0.2, 0.25) is 0 Å². The van der Waals surface area contributed by atoms with Crippen LogP contribution in [0, 0.1) is 6.92 Å². The van der Waals surface area contributed by atoms with E-state index < -0.39 is 0 Å². The van der Waals surface area contributed by atoms with Crippen LogP contribution in [0.15, 0.2) is 78.6 Å². The molecule has 4 aromatic rings. The molecule has 0 radical (unpaired) electrons. The Morgan fingerprint density at radius 1 is 0.971 bits per heavy atom. The number of benzene rings is 3. The minimum atomic E-state index is -0.337. The second kappa shape index (κ2) is 7.95. The summed E-state index contributed by atoms with van der Waals surface area (Å²) in [5.74, 6) is 2.80. The lowest BCUT2D eigenvalue weighted by Crippen LogP contribution is -2.32. The number of fused-ring (bicyclic) bond motifs is 3. The van der Waals surface area contributed by atoms with E-state index in [9.17, 15) is 0 Å². The van der Waals surface area contributed by atoms with Crippen LogP contribution in [-0.4, -0.2) is 29.0 Å². The molecular formula is C27H24N4O3. The zero-order chi connectivity index (χ0) is 23.2. The van der Waals surface area contributed by atoms with Gasteiger partial charge in [-0.05, 0) is 30.7 Å². The van der Waals surface area contributed by atoms with Crippen molar-refractivity contribution in [2.45, 2.75) is 19.1 Å². The number of nitrogens with zero attached hydrogens (tertiary/aromatic N) is 3. The fourth-order valence-corrected chi connectivity index (χ4v) is 4.95. The summed E-state index contributed by atoms with van der Waals surface area (Å²) < 4.78 is 20.0. The molecule has 0 saturated heterocycles. The van der Waals surface area contributed by atoms with Crippen molar-refractivity contribution in [3.05, 3.63) is 101 Å². The van der Waals surface area contributed by atoms with Gasteiger partial charge in [0.1, 0.15) is 24.2 Å². The summed E-state index contributed by atoms with van der Waals surface area (Å²) >= 11 is 0. The molecule has 0 unspecified atom stereocenters. The molecule has 0 saturated carbocycles. The SMILES string of the molecule is COc1cccc([C@H]2C3=C(Nc4ncnn42)c2ccccc2O[C@@H]3c2cccc(C)c2)c1OC. The second-order valence-electron chi connectivity index (χ2n) is 8.38. The maximum absolute atomic E-state index is 6.68. The van der Waals surface area contributed by atoms with Crippen molar-refractivity contribution in [2.24, 2.45) is 0 Å². The Hall–Kier alpha value is -4.26. The lowest BCUT2D eigenvalue weighted by atomic mass is 9.84. The Labute approximate surface area is 197 Å². The number of nitrogens with one attached hydrogen (secondary N) is 1. The van der Waals surface area contributed by atoms with Crippen molar-refractivity contribution in [1.82, 2.24) is 14.8 Å². The molecule has 1 N–H and O–H groups in total. The zero-order valence-electron chi connectivity index (χ0n) is 19.1. The Morgan fingerprint density at radius 2 is 1.82 bits per heavy atom. The smallest absolute Gasteiger partial charge is 0.226 e. The third-order valence-electron chi connectivity index (χ3n) is 6.39. The predicted octanol–water partition coefficient (Wildman–Crippen LogP) is 5.16. The fraction of sp³-hybridized carbons (Fsp3) is 0.185. The minimum Gasteiger partial charge on any atom is -0.493 e. The molecule has 3 aromatic carbocycles. The van der Waals surface area contributed by atoms with Crippen molar-refractivity contribution in [2.75, 3.05) is 19.5 Å². The van der Waals surface area contributed by atoms with Crippen molar-refractivity contribution >= 4 is 11.6 Å². The van der Waals surface area contributed by atoms with Crippen molar-refractivity contribution in [3.63, 3.8) is 0 Å². The van der Waals surface area contributed by atoms with Gasteiger partial charge in [-0.2, -0.15) is 10.1 Å². The summed E-state index contributed by atoms with van der Waals surface area (Å²) in [4.78, 5) is 4.50. The predicted molar refractivity (Wildman–Crippen MR) is 129 cm³/mol. The Kier molecular flexibility index (Phi) is 4.76. The number of rotatable bonds is 4. The topological polar surface area (TPSA) is 70.4 Å². The summed E-state index contributed by atoms with van der Waals surface area (Å²) in [7, 11) is 3.30. The van der Waals surface area contributed by atoms with Crippen LogP contribution >= 0.6 is 0 Å². The van der Waals surface area contributed by atoms with Crippen LogP contribution in [0.5, 0.6) is 17.2 Å². The van der Waals surface area contributed by atoms with Gasteiger partial charge in [0.05, 0.1) is 19.9 Å². The first-order valence-electron chi connectivity index (χ1n) is 11.1. The van der Waals surface area contributed by atoms with E-state index in [-0.39, 0.29) is 12.1 Å². The van der Waals surface area contributed by atoms with E-state index in [4.69, 9.17) is 14.2 Å². The first kappa shape index (κ1) is 20.4. The highest BCUT2D eigenvalue weighted by molar-refractivity contribution is 5.85.